The highest BCUT2D eigenvalue weighted by Gasteiger charge is 2.10. The van der Waals surface area contributed by atoms with Gasteiger partial charge in [-0.2, -0.15) is 0 Å². The summed E-state index contributed by atoms with van der Waals surface area (Å²) in [6, 6.07) is 23.3. The smallest absolute Gasteiger partial charge is 0.306 e. The number of phenolic OH excluding ortho intramolecular Hbond substituents is 1. The number of hydrogen-bond donors (Lipinski definition) is 1. The van der Waals surface area contributed by atoms with Crippen molar-refractivity contribution in [2.24, 2.45) is 0 Å². The zero-order chi connectivity index (χ0) is 20.8. The van der Waals surface area contributed by atoms with Gasteiger partial charge in [-0.1, -0.05) is 60.7 Å². The van der Waals surface area contributed by atoms with Crippen LogP contribution in [0, 0.1) is 0 Å². The molecule has 0 fully saturated rings. The van der Waals surface area contributed by atoms with E-state index in [1.807, 2.05) is 36.4 Å². The highest BCUT2D eigenvalue weighted by Crippen LogP contribution is 2.30. The summed E-state index contributed by atoms with van der Waals surface area (Å²) in [6.07, 6.45) is 4.39. The number of carbonyl (C=O) groups excluding carboxylic acids is 1. The molecule has 0 aliphatic rings. The van der Waals surface area contributed by atoms with Gasteiger partial charge in [0, 0.05) is 12.0 Å². The minimum atomic E-state index is -0.186. The predicted octanol–water partition coefficient (Wildman–Crippen LogP) is 5.60. The van der Waals surface area contributed by atoms with Crippen LogP contribution < -0.4 is 0 Å². The molecule has 0 bridgehead atoms. The van der Waals surface area contributed by atoms with Crippen LogP contribution in [-0.2, 0) is 35.4 Å². The second-order valence-corrected chi connectivity index (χ2v) is 7.37. The number of fused-ring (bicyclic) bond motifs is 1. The summed E-state index contributed by atoms with van der Waals surface area (Å²) in [4.78, 5) is 12.0. The van der Waals surface area contributed by atoms with E-state index in [2.05, 4.69) is 24.3 Å². The first kappa shape index (κ1) is 19.8. The first-order valence-corrected chi connectivity index (χ1v) is 10.1. The van der Waals surface area contributed by atoms with Gasteiger partial charge in [0.25, 0.3) is 0 Å². The lowest BCUT2D eigenvalue weighted by atomic mass is 10.0. The molecule has 0 saturated heterocycles. The molecule has 0 radical (unpaired) electrons. The number of aromatic hydroxyl groups is 1. The number of ether oxygens (including phenoxy) is 1. The van der Waals surface area contributed by atoms with Gasteiger partial charge in [0.05, 0.1) is 11.6 Å². The van der Waals surface area contributed by atoms with E-state index >= 15 is 0 Å². The summed E-state index contributed by atoms with van der Waals surface area (Å²) in [5.41, 5.74) is 5.03. The van der Waals surface area contributed by atoms with Crippen LogP contribution in [0.15, 0.2) is 83.5 Å². The van der Waals surface area contributed by atoms with Crippen molar-refractivity contribution in [3.05, 3.63) is 101 Å². The summed E-state index contributed by atoms with van der Waals surface area (Å²) in [7, 11) is 0. The SMILES string of the molecule is O=C(CCc1ccc(CCc2coc3cccc(O)c23)cc1)OCc1ccccc1. The van der Waals surface area contributed by atoms with E-state index in [-0.39, 0.29) is 11.7 Å². The van der Waals surface area contributed by atoms with Gasteiger partial charge in [0.2, 0.25) is 0 Å². The molecule has 0 unspecified atom stereocenters. The van der Waals surface area contributed by atoms with E-state index in [0.717, 1.165) is 34.9 Å². The van der Waals surface area contributed by atoms with Crippen LogP contribution in [0.4, 0.5) is 0 Å². The average Bonchev–Trinajstić information content (AvgIpc) is 3.21. The van der Waals surface area contributed by atoms with Crippen LogP contribution in [0.25, 0.3) is 11.0 Å². The van der Waals surface area contributed by atoms with Crippen LogP contribution in [0.3, 0.4) is 0 Å². The lowest BCUT2D eigenvalue weighted by Gasteiger charge is -2.06. The van der Waals surface area contributed by atoms with Gasteiger partial charge >= 0.3 is 5.97 Å². The van der Waals surface area contributed by atoms with Gasteiger partial charge in [-0.15, -0.1) is 0 Å². The Kier molecular flexibility index (Phi) is 6.14. The van der Waals surface area contributed by atoms with Crippen molar-refractivity contribution in [3.8, 4) is 5.75 Å². The fourth-order valence-corrected chi connectivity index (χ4v) is 3.53. The third-order valence-electron chi connectivity index (χ3n) is 5.22. The Morgan fingerprint density at radius 2 is 1.53 bits per heavy atom. The Labute approximate surface area is 175 Å². The van der Waals surface area contributed by atoms with Crippen molar-refractivity contribution < 1.29 is 19.1 Å². The van der Waals surface area contributed by atoms with E-state index < -0.39 is 0 Å². The number of phenols is 1. The standard InChI is InChI=1S/C26H24O4/c27-23-7-4-8-24-26(23)22(18-29-24)15-13-19-9-11-20(12-10-19)14-16-25(28)30-17-21-5-2-1-3-6-21/h1-12,18,27H,13-17H2. The summed E-state index contributed by atoms with van der Waals surface area (Å²) in [6.45, 7) is 0.316. The second-order valence-electron chi connectivity index (χ2n) is 7.37. The Bertz CT molecular complexity index is 1110. The zero-order valence-corrected chi connectivity index (χ0v) is 16.7. The molecular weight excluding hydrogens is 376 g/mol. The zero-order valence-electron chi connectivity index (χ0n) is 16.7. The summed E-state index contributed by atoms with van der Waals surface area (Å²) in [5.74, 6) is 0.0697. The van der Waals surface area contributed by atoms with Gasteiger partial charge < -0.3 is 14.3 Å². The minimum absolute atomic E-state index is 0.186. The third kappa shape index (κ3) is 4.90. The van der Waals surface area contributed by atoms with Crippen LogP contribution in [-0.4, -0.2) is 11.1 Å². The normalized spacial score (nSPS) is 10.9. The maximum absolute atomic E-state index is 12.0. The van der Waals surface area contributed by atoms with E-state index in [1.165, 1.54) is 5.56 Å². The van der Waals surface area contributed by atoms with Gasteiger partial charge in [-0.25, -0.2) is 0 Å². The minimum Gasteiger partial charge on any atom is -0.507 e. The van der Waals surface area contributed by atoms with E-state index in [4.69, 9.17) is 9.15 Å². The number of hydrogen-bond acceptors (Lipinski definition) is 4. The lowest BCUT2D eigenvalue weighted by Crippen LogP contribution is -2.06. The van der Waals surface area contributed by atoms with Crippen LogP contribution in [0.5, 0.6) is 5.75 Å². The molecular formula is C26H24O4. The van der Waals surface area contributed by atoms with Crippen molar-refractivity contribution in [2.75, 3.05) is 0 Å². The molecule has 0 aliphatic heterocycles. The highest BCUT2D eigenvalue weighted by atomic mass is 16.5. The molecule has 4 heteroatoms. The fourth-order valence-electron chi connectivity index (χ4n) is 3.53. The Morgan fingerprint density at radius 3 is 2.30 bits per heavy atom. The summed E-state index contributed by atoms with van der Waals surface area (Å²) in [5, 5.41) is 10.9. The van der Waals surface area contributed by atoms with Crippen LogP contribution >= 0.6 is 0 Å². The fraction of sp³-hybridized carbons (Fsp3) is 0.192. The van der Waals surface area contributed by atoms with E-state index in [9.17, 15) is 9.90 Å². The topological polar surface area (TPSA) is 59.7 Å². The third-order valence-corrected chi connectivity index (χ3v) is 5.22. The summed E-state index contributed by atoms with van der Waals surface area (Å²) < 4.78 is 10.9. The number of aryl methyl sites for hydroxylation is 3. The molecule has 3 aromatic carbocycles. The number of benzene rings is 3. The predicted molar refractivity (Wildman–Crippen MR) is 116 cm³/mol. The molecule has 4 rings (SSSR count). The van der Waals surface area contributed by atoms with Crippen molar-refractivity contribution in [1.29, 1.82) is 0 Å². The first-order valence-electron chi connectivity index (χ1n) is 10.1. The number of esters is 1. The molecule has 152 valence electrons. The lowest BCUT2D eigenvalue weighted by molar-refractivity contribution is -0.144. The van der Waals surface area contributed by atoms with E-state index in [0.29, 0.717) is 25.0 Å². The monoisotopic (exact) mass is 400 g/mol. The molecule has 0 amide bonds. The van der Waals surface area contributed by atoms with Crippen molar-refractivity contribution in [1.82, 2.24) is 0 Å². The number of carbonyl (C=O) groups is 1. The van der Waals surface area contributed by atoms with Crippen molar-refractivity contribution in [2.45, 2.75) is 32.3 Å². The average molecular weight is 400 g/mol. The van der Waals surface area contributed by atoms with Gasteiger partial charge in [0.1, 0.15) is 17.9 Å². The van der Waals surface area contributed by atoms with Gasteiger partial charge in [0.15, 0.2) is 0 Å². The molecule has 1 N–H and O–H groups in total. The molecule has 0 spiro atoms. The van der Waals surface area contributed by atoms with Crippen LogP contribution in [0.1, 0.15) is 28.7 Å². The Morgan fingerprint density at radius 1 is 0.800 bits per heavy atom. The molecule has 4 nitrogen and oxygen atoms in total. The first-order chi connectivity index (χ1) is 14.7. The number of rotatable bonds is 8. The largest absolute Gasteiger partial charge is 0.507 e. The molecule has 0 saturated carbocycles. The molecule has 0 atom stereocenters. The van der Waals surface area contributed by atoms with Crippen LogP contribution in [0.2, 0.25) is 0 Å². The second kappa shape index (κ2) is 9.31. The maximum atomic E-state index is 12.0. The maximum Gasteiger partial charge on any atom is 0.306 e. The number of furan rings is 1. The molecule has 1 aromatic heterocycles. The molecule has 4 aromatic rings. The van der Waals surface area contributed by atoms with E-state index in [1.54, 1.807) is 18.4 Å². The Hall–Kier alpha value is -3.53. The van der Waals surface area contributed by atoms with Gasteiger partial charge in [-0.05, 0) is 48.1 Å². The van der Waals surface area contributed by atoms with Gasteiger partial charge in [-0.3, -0.25) is 4.79 Å². The van der Waals surface area contributed by atoms with Crippen molar-refractivity contribution in [3.63, 3.8) is 0 Å². The Balaban J connectivity index is 1.26. The molecule has 1 heterocycles. The molecule has 0 aliphatic carbocycles. The molecule has 30 heavy (non-hydrogen) atoms. The van der Waals surface area contributed by atoms with Crippen molar-refractivity contribution >= 4 is 16.9 Å². The quantitative estimate of drug-likeness (QED) is 0.391. The summed E-state index contributed by atoms with van der Waals surface area (Å²) >= 11 is 0. The highest BCUT2D eigenvalue weighted by molar-refractivity contribution is 5.87.